The largest absolute Gasteiger partial charge is 0.481 e. The fraction of sp³-hybridized carbons (Fsp3) is 0.556. The van der Waals surface area contributed by atoms with Gasteiger partial charge in [-0.05, 0) is 43.2 Å². The summed E-state index contributed by atoms with van der Waals surface area (Å²) in [6, 6.07) is 8.14. The first kappa shape index (κ1) is 16.0. The SMILES string of the molecule is Cc1ccccc1C1CC1C(=O)NC1(CC(=O)O)CCOCC1. The maximum atomic E-state index is 12.6. The zero-order chi connectivity index (χ0) is 16.4. The molecule has 2 atom stereocenters. The second-order valence-electron chi connectivity index (χ2n) is 6.76. The first-order valence-electron chi connectivity index (χ1n) is 8.18. The summed E-state index contributed by atoms with van der Waals surface area (Å²) in [6.07, 6.45) is 1.93. The van der Waals surface area contributed by atoms with Gasteiger partial charge >= 0.3 is 5.97 Å². The molecule has 1 saturated carbocycles. The highest BCUT2D eigenvalue weighted by atomic mass is 16.5. The lowest BCUT2D eigenvalue weighted by atomic mass is 9.86. The Labute approximate surface area is 136 Å². The summed E-state index contributed by atoms with van der Waals surface area (Å²) in [7, 11) is 0. The molecular formula is C18H23NO4. The third kappa shape index (κ3) is 3.55. The molecule has 1 aromatic carbocycles. The lowest BCUT2D eigenvalue weighted by molar-refractivity contribution is -0.140. The Morgan fingerprint density at radius 2 is 2.00 bits per heavy atom. The number of ether oxygens (including phenoxy) is 1. The van der Waals surface area contributed by atoms with Crippen LogP contribution in [-0.4, -0.2) is 35.7 Å². The van der Waals surface area contributed by atoms with E-state index in [-0.39, 0.29) is 24.2 Å². The van der Waals surface area contributed by atoms with Gasteiger partial charge in [-0.25, -0.2) is 0 Å². The molecule has 23 heavy (non-hydrogen) atoms. The molecular weight excluding hydrogens is 294 g/mol. The van der Waals surface area contributed by atoms with Crippen molar-refractivity contribution in [2.75, 3.05) is 13.2 Å². The summed E-state index contributed by atoms with van der Waals surface area (Å²) in [5, 5.41) is 12.2. The molecule has 5 heteroatoms. The topological polar surface area (TPSA) is 75.6 Å². The summed E-state index contributed by atoms with van der Waals surface area (Å²) in [5.74, 6) is -0.664. The number of amides is 1. The van der Waals surface area contributed by atoms with Crippen LogP contribution in [0.3, 0.4) is 0 Å². The van der Waals surface area contributed by atoms with Crippen molar-refractivity contribution < 1.29 is 19.4 Å². The molecule has 1 amide bonds. The molecule has 5 nitrogen and oxygen atoms in total. The summed E-state index contributed by atoms with van der Waals surface area (Å²) in [5.41, 5.74) is 1.78. The van der Waals surface area contributed by atoms with E-state index in [4.69, 9.17) is 4.74 Å². The van der Waals surface area contributed by atoms with Gasteiger partial charge in [0.05, 0.1) is 12.0 Å². The monoisotopic (exact) mass is 317 g/mol. The van der Waals surface area contributed by atoms with Gasteiger partial charge in [-0.2, -0.15) is 0 Å². The van der Waals surface area contributed by atoms with Crippen LogP contribution < -0.4 is 5.32 Å². The van der Waals surface area contributed by atoms with Crippen LogP contribution in [0.2, 0.25) is 0 Å². The highest BCUT2D eigenvalue weighted by Crippen LogP contribution is 2.49. The van der Waals surface area contributed by atoms with E-state index in [1.807, 2.05) is 12.1 Å². The van der Waals surface area contributed by atoms with Gasteiger partial charge in [0.25, 0.3) is 0 Å². The minimum atomic E-state index is -0.876. The number of carbonyl (C=O) groups is 2. The highest BCUT2D eigenvalue weighted by Gasteiger charge is 2.47. The number of benzene rings is 1. The molecule has 1 heterocycles. The van der Waals surface area contributed by atoms with Crippen molar-refractivity contribution in [2.24, 2.45) is 5.92 Å². The number of aryl methyl sites for hydroxylation is 1. The second-order valence-corrected chi connectivity index (χ2v) is 6.76. The van der Waals surface area contributed by atoms with Crippen molar-refractivity contribution in [3.63, 3.8) is 0 Å². The normalized spacial score (nSPS) is 25.6. The smallest absolute Gasteiger partial charge is 0.305 e. The van der Waals surface area contributed by atoms with Gasteiger partial charge in [0, 0.05) is 19.1 Å². The van der Waals surface area contributed by atoms with Crippen LogP contribution >= 0.6 is 0 Å². The minimum absolute atomic E-state index is 0.0126. The van der Waals surface area contributed by atoms with Crippen LogP contribution in [-0.2, 0) is 14.3 Å². The number of aliphatic carboxylic acids is 1. The minimum Gasteiger partial charge on any atom is -0.481 e. The maximum absolute atomic E-state index is 12.6. The molecule has 1 aliphatic carbocycles. The standard InChI is InChI=1S/C18H23NO4/c1-12-4-2-3-5-13(12)14-10-15(14)17(22)19-18(11-16(20)21)6-8-23-9-7-18/h2-5,14-15H,6-11H2,1H3,(H,19,22)(H,20,21). The quantitative estimate of drug-likeness (QED) is 0.873. The molecule has 2 aliphatic rings. The molecule has 0 radical (unpaired) electrons. The third-order valence-corrected chi connectivity index (χ3v) is 5.04. The maximum Gasteiger partial charge on any atom is 0.305 e. The van der Waals surface area contributed by atoms with Crippen LogP contribution in [0.5, 0.6) is 0 Å². The number of carbonyl (C=O) groups excluding carboxylic acids is 1. The molecule has 3 rings (SSSR count). The van der Waals surface area contributed by atoms with E-state index in [1.54, 1.807) is 0 Å². The lowest BCUT2D eigenvalue weighted by Gasteiger charge is -2.37. The Morgan fingerprint density at radius 1 is 1.30 bits per heavy atom. The molecule has 2 N–H and O–H groups in total. The van der Waals surface area contributed by atoms with Crippen molar-refractivity contribution in [3.8, 4) is 0 Å². The van der Waals surface area contributed by atoms with Crippen LogP contribution in [0.4, 0.5) is 0 Å². The Hall–Kier alpha value is -1.88. The average Bonchev–Trinajstić information content (AvgIpc) is 3.28. The van der Waals surface area contributed by atoms with Gasteiger partial charge in [0.1, 0.15) is 0 Å². The average molecular weight is 317 g/mol. The first-order chi connectivity index (χ1) is 11.0. The number of carboxylic acid groups (broad SMARTS) is 1. The third-order valence-electron chi connectivity index (χ3n) is 5.04. The zero-order valence-corrected chi connectivity index (χ0v) is 13.4. The van der Waals surface area contributed by atoms with Crippen molar-refractivity contribution in [2.45, 2.75) is 44.1 Å². The Bertz CT molecular complexity index is 607. The van der Waals surface area contributed by atoms with E-state index in [0.717, 1.165) is 6.42 Å². The van der Waals surface area contributed by atoms with E-state index >= 15 is 0 Å². The fourth-order valence-electron chi connectivity index (χ4n) is 3.58. The van der Waals surface area contributed by atoms with Crippen molar-refractivity contribution in [3.05, 3.63) is 35.4 Å². The van der Waals surface area contributed by atoms with E-state index in [9.17, 15) is 14.7 Å². The molecule has 0 aromatic heterocycles. The molecule has 2 fully saturated rings. The molecule has 2 unspecified atom stereocenters. The second kappa shape index (κ2) is 6.32. The van der Waals surface area contributed by atoms with Crippen LogP contribution in [0.15, 0.2) is 24.3 Å². The molecule has 1 aromatic rings. The molecule has 0 spiro atoms. The van der Waals surface area contributed by atoms with E-state index in [0.29, 0.717) is 26.1 Å². The molecule has 1 aliphatic heterocycles. The van der Waals surface area contributed by atoms with Gasteiger partial charge in [0.2, 0.25) is 5.91 Å². The van der Waals surface area contributed by atoms with Crippen molar-refractivity contribution in [1.82, 2.24) is 5.32 Å². The summed E-state index contributed by atoms with van der Waals surface area (Å²) >= 11 is 0. The lowest BCUT2D eigenvalue weighted by Crippen LogP contribution is -2.53. The first-order valence-corrected chi connectivity index (χ1v) is 8.18. The van der Waals surface area contributed by atoms with Gasteiger partial charge in [-0.15, -0.1) is 0 Å². The van der Waals surface area contributed by atoms with Crippen LogP contribution in [0.1, 0.15) is 42.7 Å². The van der Waals surface area contributed by atoms with Crippen molar-refractivity contribution in [1.29, 1.82) is 0 Å². The number of rotatable bonds is 5. The van der Waals surface area contributed by atoms with E-state index < -0.39 is 11.5 Å². The zero-order valence-electron chi connectivity index (χ0n) is 13.4. The van der Waals surface area contributed by atoms with Gasteiger partial charge in [-0.3, -0.25) is 9.59 Å². The van der Waals surface area contributed by atoms with Crippen LogP contribution in [0.25, 0.3) is 0 Å². The Kier molecular flexibility index (Phi) is 4.39. The fourth-order valence-corrected chi connectivity index (χ4v) is 3.58. The Morgan fingerprint density at radius 3 is 2.65 bits per heavy atom. The van der Waals surface area contributed by atoms with E-state index in [2.05, 4.69) is 24.4 Å². The number of hydrogen-bond donors (Lipinski definition) is 2. The number of hydrogen-bond acceptors (Lipinski definition) is 3. The van der Waals surface area contributed by atoms with Gasteiger partial charge in [0.15, 0.2) is 0 Å². The van der Waals surface area contributed by atoms with Gasteiger partial charge in [-0.1, -0.05) is 24.3 Å². The summed E-state index contributed by atoms with van der Waals surface area (Å²) in [6.45, 7) is 3.06. The van der Waals surface area contributed by atoms with E-state index in [1.165, 1.54) is 11.1 Å². The predicted molar refractivity (Wildman–Crippen MR) is 85.2 cm³/mol. The molecule has 1 saturated heterocycles. The molecule has 0 bridgehead atoms. The predicted octanol–water partition coefficient (Wildman–Crippen LogP) is 2.24. The number of carboxylic acids is 1. The summed E-state index contributed by atoms with van der Waals surface area (Å²) < 4.78 is 5.33. The Balaban J connectivity index is 1.67. The molecule has 124 valence electrons. The van der Waals surface area contributed by atoms with Crippen LogP contribution in [0, 0.1) is 12.8 Å². The highest BCUT2D eigenvalue weighted by molar-refractivity contribution is 5.84. The summed E-state index contributed by atoms with van der Waals surface area (Å²) in [4.78, 5) is 23.8. The van der Waals surface area contributed by atoms with Gasteiger partial charge < -0.3 is 15.2 Å². The van der Waals surface area contributed by atoms with Crippen molar-refractivity contribution >= 4 is 11.9 Å². The number of nitrogens with one attached hydrogen (secondary N) is 1.